The Morgan fingerprint density at radius 3 is 2.76 bits per heavy atom. The maximum absolute atomic E-state index is 12.0. The van der Waals surface area contributed by atoms with E-state index in [2.05, 4.69) is 22.4 Å². The normalized spacial score (nSPS) is 10.5. The van der Waals surface area contributed by atoms with Crippen molar-refractivity contribution >= 4 is 23.1 Å². The molecule has 0 saturated heterocycles. The van der Waals surface area contributed by atoms with Gasteiger partial charge in [-0.2, -0.15) is 5.10 Å². The minimum atomic E-state index is -0.0932. The van der Waals surface area contributed by atoms with Gasteiger partial charge in [0.05, 0.1) is 4.88 Å². The van der Waals surface area contributed by atoms with Gasteiger partial charge in [0, 0.05) is 16.1 Å². The van der Waals surface area contributed by atoms with Gasteiger partial charge in [0.15, 0.2) is 5.82 Å². The second-order valence-corrected chi connectivity index (χ2v) is 5.06. The lowest BCUT2D eigenvalue weighted by Gasteiger charge is -2.00. The third-order valence-corrected chi connectivity index (χ3v) is 3.95. The summed E-state index contributed by atoms with van der Waals surface area (Å²) in [5.41, 5.74) is 1.95. The Labute approximate surface area is 104 Å². The van der Waals surface area contributed by atoms with Crippen molar-refractivity contribution in [2.24, 2.45) is 0 Å². The zero-order chi connectivity index (χ0) is 12.4. The van der Waals surface area contributed by atoms with Gasteiger partial charge in [-0.05, 0) is 32.4 Å². The summed E-state index contributed by atoms with van der Waals surface area (Å²) < 4.78 is 0. The van der Waals surface area contributed by atoms with Crippen LogP contribution >= 0.6 is 11.3 Å². The van der Waals surface area contributed by atoms with E-state index < -0.39 is 0 Å². The van der Waals surface area contributed by atoms with Crippen LogP contribution in [0.1, 0.15) is 32.7 Å². The number of nitrogens with zero attached hydrogens (tertiary/aromatic N) is 1. The third kappa shape index (κ3) is 2.39. The summed E-state index contributed by atoms with van der Waals surface area (Å²) in [4.78, 5) is 13.9. The molecule has 0 aliphatic rings. The summed E-state index contributed by atoms with van der Waals surface area (Å²) in [6.45, 7) is 5.94. The summed E-state index contributed by atoms with van der Waals surface area (Å²) in [6.07, 6.45) is 0.957. The summed E-state index contributed by atoms with van der Waals surface area (Å²) >= 11 is 1.52. The van der Waals surface area contributed by atoms with Crippen LogP contribution in [0.25, 0.3) is 0 Å². The van der Waals surface area contributed by atoms with Gasteiger partial charge < -0.3 is 5.32 Å². The van der Waals surface area contributed by atoms with Gasteiger partial charge in [-0.25, -0.2) is 0 Å². The van der Waals surface area contributed by atoms with E-state index in [1.807, 2.05) is 26.0 Å². The molecule has 4 nitrogen and oxygen atoms in total. The van der Waals surface area contributed by atoms with E-state index in [1.165, 1.54) is 16.2 Å². The molecule has 0 aliphatic carbocycles. The zero-order valence-corrected chi connectivity index (χ0v) is 10.9. The van der Waals surface area contributed by atoms with Gasteiger partial charge >= 0.3 is 0 Å². The van der Waals surface area contributed by atoms with Crippen LogP contribution in [-0.2, 0) is 6.42 Å². The van der Waals surface area contributed by atoms with Crippen molar-refractivity contribution in [2.45, 2.75) is 27.2 Å². The Morgan fingerprint density at radius 2 is 2.24 bits per heavy atom. The number of carbonyl (C=O) groups excluding carboxylic acids is 1. The molecule has 5 heteroatoms. The standard InChI is InChI=1S/C12H15N3OS/c1-4-9-5-6-10(17-9)12(16)13-11-7(2)8(3)14-15-11/h5-6H,4H2,1-3H3,(H2,13,14,15,16). The first kappa shape index (κ1) is 11.9. The molecule has 2 rings (SSSR count). The van der Waals surface area contributed by atoms with Gasteiger partial charge in [0.2, 0.25) is 0 Å². The van der Waals surface area contributed by atoms with Crippen LogP contribution < -0.4 is 5.32 Å². The van der Waals surface area contributed by atoms with Crippen LogP contribution in [0.4, 0.5) is 5.82 Å². The van der Waals surface area contributed by atoms with Crippen molar-refractivity contribution < 1.29 is 4.79 Å². The third-order valence-electron chi connectivity index (χ3n) is 2.72. The second kappa shape index (κ2) is 4.71. The molecule has 1 amide bonds. The Morgan fingerprint density at radius 1 is 1.47 bits per heavy atom. The molecule has 0 unspecified atom stereocenters. The SMILES string of the molecule is CCc1ccc(C(=O)Nc2n[nH]c(C)c2C)s1. The highest BCUT2D eigenvalue weighted by Gasteiger charge is 2.12. The quantitative estimate of drug-likeness (QED) is 0.878. The molecule has 2 heterocycles. The first-order valence-electron chi connectivity index (χ1n) is 5.53. The summed E-state index contributed by atoms with van der Waals surface area (Å²) in [5.74, 6) is 0.517. The number of hydrogen-bond donors (Lipinski definition) is 2. The zero-order valence-electron chi connectivity index (χ0n) is 10.1. The highest BCUT2D eigenvalue weighted by atomic mass is 32.1. The molecule has 0 atom stereocenters. The molecule has 90 valence electrons. The van der Waals surface area contributed by atoms with Gasteiger partial charge in [-0.3, -0.25) is 9.89 Å². The van der Waals surface area contributed by atoms with E-state index in [0.717, 1.165) is 22.6 Å². The van der Waals surface area contributed by atoms with Gasteiger partial charge in [0.1, 0.15) is 0 Å². The van der Waals surface area contributed by atoms with Gasteiger partial charge in [-0.15, -0.1) is 11.3 Å². The molecule has 0 aliphatic heterocycles. The molecule has 0 spiro atoms. The number of aromatic amines is 1. The number of anilines is 1. The molecule has 17 heavy (non-hydrogen) atoms. The molecule has 0 bridgehead atoms. The average molecular weight is 249 g/mol. The van der Waals surface area contributed by atoms with Crippen LogP contribution in [0, 0.1) is 13.8 Å². The number of aryl methyl sites for hydroxylation is 2. The minimum absolute atomic E-state index is 0.0932. The predicted molar refractivity (Wildman–Crippen MR) is 69.7 cm³/mol. The highest BCUT2D eigenvalue weighted by Crippen LogP contribution is 2.20. The maximum Gasteiger partial charge on any atom is 0.266 e. The summed E-state index contributed by atoms with van der Waals surface area (Å²) in [7, 11) is 0. The smallest absolute Gasteiger partial charge is 0.266 e. The minimum Gasteiger partial charge on any atom is -0.304 e. The highest BCUT2D eigenvalue weighted by molar-refractivity contribution is 7.14. The second-order valence-electron chi connectivity index (χ2n) is 3.90. The number of rotatable bonds is 3. The van der Waals surface area contributed by atoms with E-state index in [-0.39, 0.29) is 5.91 Å². The van der Waals surface area contributed by atoms with Crippen molar-refractivity contribution in [3.05, 3.63) is 33.1 Å². The number of aromatic nitrogens is 2. The van der Waals surface area contributed by atoms with Crippen molar-refractivity contribution in [1.29, 1.82) is 0 Å². The molecule has 0 radical (unpaired) electrons. The number of hydrogen-bond acceptors (Lipinski definition) is 3. The fraction of sp³-hybridized carbons (Fsp3) is 0.333. The van der Waals surface area contributed by atoms with Crippen molar-refractivity contribution in [3.63, 3.8) is 0 Å². The number of H-pyrrole nitrogens is 1. The molecule has 0 fully saturated rings. The average Bonchev–Trinajstić information content (AvgIpc) is 2.91. The van der Waals surface area contributed by atoms with E-state index in [4.69, 9.17) is 0 Å². The van der Waals surface area contributed by atoms with Crippen molar-refractivity contribution in [1.82, 2.24) is 10.2 Å². The largest absolute Gasteiger partial charge is 0.304 e. The Hall–Kier alpha value is -1.62. The molecule has 2 aromatic rings. The molecular weight excluding hydrogens is 234 g/mol. The summed E-state index contributed by atoms with van der Waals surface area (Å²) in [5, 5.41) is 9.72. The lowest BCUT2D eigenvalue weighted by Crippen LogP contribution is -2.11. The lowest BCUT2D eigenvalue weighted by molar-refractivity contribution is 0.103. The fourth-order valence-corrected chi connectivity index (χ4v) is 2.31. The Balaban J connectivity index is 2.14. The number of nitrogens with one attached hydrogen (secondary N) is 2. The monoisotopic (exact) mass is 249 g/mol. The first-order valence-corrected chi connectivity index (χ1v) is 6.35. The van der Waals surface area contributed by atoms with Crippen LogP contribution in [0.15, 0.2) is 12.1 Å². The molecule has 2 aromatic heterocycles. The van der Waals surface area contributed by atoms with Crippen LogP contribution in [0.2, 0.25) is 0 Å². The Kier molecular flexibility index (Phi) is 3.28. The van der Waals surface area contributed by atoms with Gasteiger partial charge in [0.25, 0.3) is 5.91 Å². The van der Waals surface area contributed by atoms with E-state index in [1.54, 1.807) is 0 Å². The van der Waals surface area contributed by atoms with Crippen LogP contribution in [0.3, 0.4) is 0 Å². The number of carbonyl (C=O) groups is 1. The van der Waals surface area contributed by atoms with Crippen LogP contribution in [0.5, 0.6) is 0 Å². The molecular formula is C12H15N3OS. The van der Waals surface area contributed by atoms with Gasteiger partial charge in [-0.1, -0.05) is 6.92 Å². The molecule has 2 N–H and O–H groups in total. The van der Waals surface area contributed by atoms with E-state index in [9.17, 15) is 4.79 Å². The summed E-state index contributed by atoms with van der Waals surface area (Å²) in [6, 6.07) is 3.84. The van der Waals surface area contributed by atoms with Crippen molar-refractivity contribution in [2.75, 3.05) is 5.32 Å². The predicted octanol–water partition coefficient (Wildman–Crippen LogP) is 2.90. The number of amides is 1. The first-order chi connectivity index (χ1) is 8.11. The Bertz CT molecular complexity index is 542. The maximum atomic E-state index is 12.0. The topological polar surface area (TPSA) is 57.8 Å². The van der Waals surface area contributed by atoms with Crippen molar-refractivity contribution in [3.8, 4) is 0 Å². The fourth-order valence-electron chi connectivity index (χ4n) is 1.47. The molecule has 0 saturated carbocycles. The molecule has 0 aromatic carbocycles. The van der Waals surface area contributed by atoms with Crippen LogP contribution in [-0.4, -0.2) is 16.1 Å². The van der Waals surface area contributed by atoms with E-state index in [0.29, 0.717) is 5.82 Å². The lowest BCUT2D eigenvalue weighted by atomic mass is 10.3. The van der Waals surface area contributed by atoms with E-state index >= 15 is 0 Å². The number of thiophene rings is 1.